The molecule has 126 valence electrons. The van der Waals surface area contributed by atoms with E-state index in [1.165, 1.54) is 23.9 Å². The molecule has 0 aliphatic carbocycles. The van der Waals surface area contributed by atoms with Gasteiger partial charge in [-0.15, -0.1) is 11.8 Å². The minimum Gasteiger partial charge on any atom is -0.480 e. The van der Waals surface area contributed by atoms with Gasteiger partial charge in [0, 0.05) is 17.0 Å². The van der Waals surface area contributed by atoms with Gasteiger partial charge in [-0.05, 0) is 25.0 Å². The number of carboxylic acids is 1. The van der Waals surface area contributed by atoms with E-state index in [9.17, 15) is 24.8 Å². The van der Waals surface area contributed by atoms with Crippen LogP contribution in [0.15, 0.2) is 29.2 Å². The minimum atomic E-state index is -1.06. The standard InChI is InChI=1S/C15H20N2O5S/c1-4-9(2)13(15(19)20)16-14(18)10(3)23-12-7-5-11(6-8-12)17(21)22/h5-10,13H,4H2,1-3H3,(H,16,18)(H,19,20). The SMILES string of the molecule is CCC(C)C(NC(=O)C(C)Sc1ccc([N+](=O)[O-])cc1)C(=O)O. The lowest BCUT2D eigenvalue weighted by molar-refractivity contribution is -0.384. The highest BCUT2D eigenvalue weighted by atomic mass is 32.2. The topological polar surface area (TPSA) is 110 Å². The molecule has 0 fully saturated rings. The van der Waals surface area contributed by atoms with Crippen molar-refractivity contribution >= 4 is 29.3 Å². The van der Waals surface area contributed by atoms with Crippen LogP contribution < -0.4 is 5.32 Å². The molecule has 7 nitrogen and oxygen atoms in total. The smallest absolute Gasteiger partial charge is 0.326 e. The molecule has 0 aliphatic rings. The summed E-state index contributed by atoms with van der Waals surface area (Å²) in [7, 11) is 0. The highest BCUT2D eigenvalue weighted by molar-refractivity contribution is 8.00. The van der Waals surface area contributed by atoms with Gasteiger partial charge in [-0.2, -0.15) is 0 Å². The maximum absolute atomic E-state index is 12.2. The van der Waals surface area contributed by atoms with E-state index >= 15 is 0 Å². The van der Waals surface area contributed by atoms with E-state index in [2.05, 4.69) is 5.32 Å². The van der Waals surface area contributed by atoms with Gasteiger partial charge in [0.15, 0.2) is 0 Å². The van der Waals surface area contributed by atoms with Crippen molar-refractivity contribution in [1.29, 1.82) is 0 Å². The average Bonchev–Trinajstić information content (AvgIpc) is 2.51. The van der Waals surface area contributed by atoms with Crippen LogP contribution in [0, 0.1) is 16.0 Å². The predicted molar refractivity (Wildman–Crippen MR) is 87.4 cm³/mol. The van der Waals surface area contributed by atoms with Crippen LogP contribution in [-0.2, 0) is 9.59 Å². The van der Waals surface area contributed by atoms with Crippen LogP contribution in [0.25, 0.3) is 0 Å². The zero-order valence-corrected chi connectivity index (χ0v) is 14.0. The number of carbonyl (C=O) groups is 2. The van der Waals surface area contributed by atoms with E-state index < -0.39 is 22.2 Å². The second-order valence-corrected chi connectivity index (χ2v) is 6.64. The summed E-state index contributed by atoms with van der Waals surface area (Å²) in [6, 6.07) is 4.94. The number of nitro benzene ring substituents is 1. The van der Waals surface area contributed by atoms with E-state index in [1.807, 2.05) is 6.92 Å². The molecule has 0 radical (unpaired) electrons. The van der Waals surface area contributed by atoms with Crippen LogP contribution >= 0.6 is 11.8 Å². The first kappa shape index (κ1) is 19.0. The highest BCUT2D eigenvalue weighted by Crippen LogP contribution is 2.25. The van der Waals surface area contributed by atoms with Gasteiger partial charge in [0.05, 0.1) is 10.2 Å². The normalized spacial score (nSPS) is 14.6. The minimum absolute atomic E-state index is 0.0193. The summed E-state index contributed by atoms with van der Waals surface area (Å²) in [5, 5.41) is 21.8. The van der Waals surface area contributed by atoms with E-state index in [1.54, 1.807) is 26.0 Å². The van der Waals surface area contributed by atoms with Crippen molar-refractivity contribution in [3.05, 3.63) is 34.4 Å². The van der Waals surface area contributed by atoms with Crippen LogP contribution in [0.2, 0.25) is 0 Å². The molecule has 1 aromatic rings. The van der Waals surface area contributed by atoms with Crippen LogP contribution in [-0.4, -0.2) is 33.2 Å². The molecular formula is C15H20N2O5S. The summed E-state index contributed by atoms with van der Waals surface area (Å²) in [4.78, 5) is 34.2. The Morgan fingerprint density at radius 3 is 2.30 bits per heavy atom. The zero-order chi connectivity index (χ0) is 17.6. The molecule has 1 aromatic carbocycles. The number of nitrogens with zero attached hydrogens (tertiary/aromatic N) is 1. The fourth-order valence-corrected chi connectivity index (χ4v) is 2.73. The lowest BCUT2D eigenvalue weighted by atomic mass is 9.99. The summed E-state index contributed by atoms with van der Waals surface area (Å²) < 4.78 is 0. The van der Waals surface area contributed by atoms with Gasteiger partial charge >= 0.3 is 5.97 Å². The maximum Gasteiger partial charge on any atom is 0.326 e. The summed E-state index contributed by atoms with van der Waals surface area (Å²) in [5.41, 5.74) is -0.0193. The molecule has 3 unspecified atom stereocenters. The number of hydrogen-bond acceptors (Lipinski definition) is 5. The fraction of sp³-hybridized carbons (Fsp3) is 0.467. The summed E-state index contributed by atoms with van der Waals surface area (Å²) >= 11 is 1.22. The van der Waals surface area contributed by atoms with Crippen molar-refractivity contribution in [3.63, 3.8) is 0 Å². The number of carbonyl (C=O) groups excluding carboxylic acids is 1. The molecule has 8 heteroatoms. The summed E-state index contributed by atoms with van der Waals surface area (Å²) in [5.74, 6) is -1.60. The van der Waals surface area contributed by atoms with Crippen molar-refractivity contribution in [2.24, 2.45) is 5.92 Å². The van der Waals surface area contributed by atoms with Gasteiger partial charge in [-0.3, -0.25) is 14.9 Å². The molecule has 3 atom stereocenters. The van der Waals surface area contributed by atoms with Gasteiger partial charge in [0.1, 0.15) is 6.04 Å². The number of amides is 1. The molecule has 0 spiro atoms. The summed E-state index contributed by atoms with van der Waals surface area (Å²) in [6.45, 7) is 5.30. The van der Waals surface area contributed by atoms with Gasteiger partial charge < -0.3 is 10.4 Å². The predicted octanol–water partition coefficient (Wildman–Crippen LogP) is 2.69. The van der Waals surface area contributed by atoms with Gasteiger partial charge in [-0.25, -0.2) is 4.79 Å². The van der Waals surface area contributed by atoms with Crippen LogP contribution in [0.5, 0.6) is 0 Å². The molecule has 1 rings (SSSR count). The first-order valence-corrected chi connectivity index (χ1v) is 8.08. The van der Waals surface area contributed by atoms with Gasteiger partial charge in [-0.1, -0.05) is 20.3 Å². The Bertz CT molecular complexity index is 576. The second kappa shape index (κ2) is 8.52. The second-order valence-electron chi connectivity index (χ2n) is 5.22. The Balaban J connectivity index is 2.69. The first-order chi connectivity index (χ1) is 10.8. The van der Waals surface area contributed by atoms with Crippen LogP contribution in [0.1, 0.15) is 27.2 Å². The van der Waals surface area contributed by atoms with Crippen LogP contribution in [0.3, 0.4) is 0 Å². The lowest BCUT2D eigenvalue weighted by Gasteiger charge is -2.22. The molecule has 2 N–H and O–H groups in total. The number of non-ortho nitro benzene ring substituents is 1. The molecule has 0 heterocycles. The molecular weight excluding hydrogens is 320 g/mol. The van der Waals surface area contributed by atoms with Crippen molar-refractivity contribution in [2.45, 2.75) is 43.4 Å². The Morgan fingerprint density at radius 1 is 1.30 bits per heavy atom. The fourth-order valence-electron chi connectivity index (χ4n) is 1.86. The number of carboxylic acid groups (broad SMARTS) is 1. The zero-order valence-electron chi connectivity index (χ0n) is 13.2. The Morgan fingerprint density at radius 2 is 1.87 bits per heavy atom. The molecule has 0 aliphatic heterocycles. The third-order valence-corrected chi connectivity index (χ3v) is 4.62. The van der Waals surface area contributed by atoms with E-state index in [0.29, 0.717) is 11.3 Å². The number of hydrogen-bond donors (Lipinski definition) is 2. The highest BCUT2D eigenvalue weighted by Gasteiger charge is 2.27. The van der Waals surface area contributed by atoms with E-state index in [-0.39, 0.29) is 17.5 Å². The van der Waals surface area contributed by atoms with Crippen LogP contribution in [0.4, 0.5) is 5.69 Å². The van der Waals surface area contributed by atoms with Crippen molar-refractivity contribution < 1.29 is 19.6 Å². The van der Waals surface area contributed by atoms with E-state index in [0.717, 1.165) is 0 Å². The number of nitro groups is 1. The van der Waals surface area contributed by atoms with Crippen molar-refractivity contribution in [2.75, 3.05) is 0 Å². The molecule has 1 amide bonds. The molecule has 0 saturated carbocycles. The van der Waals surface area contributed by atoms with Crippen molar-refractivity contribution in [3.8, 4) is 0 Å². The van der Waals surface area contributed by atoms with E-state index in [4.69, 9.17) is 0 Å². The Hall–Kier alpha value is -2.09. The third kappa shape index (κ3) is 5.55. The largest absolute Gasteiger partial charge is 0.480 e. The third-order valence-electron chi connectivity index (χ3n) is 3.51. The quantitative estimate of drug-likeness (QED) is 0.428. The molecule has 0 saturated heterocycles. The number of thioether (sulfide) groups is 1. The first-order valence-electron chi connectivity index (χ1n) is 7.20. The molecule has 23 heavy (non-hydrogen) atoms. The van der Waals surface area contributed by atoms with Gasteiger partial charge in [0.25, 0.3) is 5.69 Å². The molecule has 0 aromatic heterocycles. The monoisotopic (exact) mass is 340 g/mol. The van der Waals surface area contributed by atoms with Gasteiger partial charge in [0.2, 0.25) is 5.91 Å². The number of aliphatic carboxylic acids is 1. The number of rotatable bonds is 8. The Labute approximate surface area is 138 Å². The Kier molecular flexibility index (Phi) is 7.02. The summed E-state index contributed by atoms with van der Waals surface area (Å²) in [6.07, 6.45) is 0.640. The molecule has 0 bridgehead atoms. The van der Waals surface area contributed by atoms with Crippen molar-refractivity contribution in [1.82, 2.24) is 5.32 Å². The lowest BCUT2D eigenvalue weighted by Crippen LogP contribution is -2.47. The maximum atomic E-state index is 12.2. The average molecular weight is 340 g/mol. The number of nitrogens with one attached hydrogen (secondary N) is 1. The number of benzene rings is 1.